The van der Waals surface area contributed by atoms with Crippen molar-refractivity contribution in [2.24, 2.45) is 0 Å². The lowest BCUT2D eigenvalue weighted by atomic mass is 10.1. The summed E-state index contributed by atoms with van der Waals surface area (Å²) in [5.74, 6) is -1.37. The second-order valence-electron chi connectivity index (χ2n) is 7.69. The SMILES string of the molecule is Cc1ccc(N2C(=O)NC(=O)/C(=C\c3cc(Cl)ccc3OCc3cccc([N+](=O)[O-])c3)C2=O)cc1. The molecule has 35 heavy (non-hydrogen) atoms. The molecule has 0 bridgehead atoms. The van der Waals surface area contributed by atoms with Gasteiger partial charge in [-0.3, -0.25) is 25.0 Å². The van der Waals surface area contributed by atoms with Gasteiger partial charge in [0.05, 0.1) is 10.6 Å². The number of carbonyl (C=O) groups is 3. The van der Waals surface area contributed by atoms with Gasteiger partial charge in [-0.1, -0.05) is 41.4 Å². The zero-order chi connectivity index (χ0) is 25.1. The molecule has 0 aliphatic carbocycles. The molecule has 1 fully saturated rings. The number of hydrogen-bond acceptors (Lipinski definition) is 6. The highest BCUT2D eigenvalue weighted by Gasteiger charge is 2.37. The van der Waals surface area contributed by atoms with Gasteiger partial charge in [0, 0.05) is 22.7 Å². The van der Waals surface area contributed by atoms with Gasteiger partial charge < -0.3 is 4.74 Å². The van der Waals surface area contributed by atoms with Crippen LogP contribution in [-0.2, 0) is 16.2 Å². The highest BCUT2D eigenvalue weighted by molar-refractivity contribution is 6.39. The molecule has 1 N–H and O–H groups in total. The number of ether oxygens (including phenoxy) is 1. The van der Waals surface area contributed by atoms with Crippen LogP contribution in [0.25, 0.3) is 6.08 Å². The van der Waals surface area contributed by atoms with Gasteiger partial charge in [-0.15, -0.1) is 0 Å². The molecule has 1 aliphatic rings. The molecule has 1 saturated heterocycles. The Morgan fingerprint density at radius 2 is 1.80 bits per heavy atom. The smallest absolute Gasteiger partial charge is 0.335 e. The van der Waals surface area contributed by atoms with E-state index < -0.39 is 22.8 Å². The Balaban J connectivity index is 1.65. The summed E-state index contributed by atoms with van der Waals surface area (Å²) in [6, 6.07) is 16.4. The predicted octanol–water partition coefficient (Wildman–Crippen LogP) is 4.80. The van der Waals surface area contributed by atoms with E-state index in [0.29, 0.717) is 21.8 Å². The number of urea groups is 1. The summed E-state index contributed by atoms with van der Waals surface area (Å²) >= 11 is 6.13. The summed E-state index contributed by atoms with van der Waals surface area (Å²) in [6.45, 7) is 1.86. The van der Waals surface area contributed by atoms with Gasteiger partial charge in [-0.2, -0.15) is 0 Å². The number of nitrogens with one attached hydrogen (secondary N) is 1. The van der Waals surface area contributed by atoms with E-state index in [1.165, 1.54) is 24.3 Å². The lowest BCUT2D eigenvalue weighted by Crippen LogP contribution is -2.54. The molecule has 0 saturated carbocycles. The minimum Gasteiger partial charge on any atom is -0.488 e. The number of anilines is 1. The molecule has 1 aliphatic heterocycles. The maximum atomic E-state index is 13.2. The van der Waals surface area contributed by atoms with Gasteiger partial charge in [0.2, 0.25) is 0 Å². The van der Waals surface area contributed by atoms with E-state index in [0.717, 1.165) is 10.5 Å². The Bertz CT molecular complexity index is 1380. The first-order chi connectivity index (χ1) is 16.7. The molecule has 4 amide bonds. The average Bonchev–Trinajstić information content (AvgIpc) is 2.82. The third-order valence-corrected chi connectivity index (χ3v) is 5.42. The third-order valence-electron chi connectivity index (χ3n) is 5.18. The molecule has 10 heteroatoms. The Kier molecular flexibility index (Phi) is 6.61. The maximum absolute atomic E-state index is 13.2. The van der Waals surface area contributed by atoms with Gasteiger partial charge in [-0.05, 0) is 48.9 Å². The minimum absolute atomic E-state index is 0.00634. The molecule has 0 atom stereocenters. The number of aryl methyl sites for hydroxylation is 1. The zero-order valence-electron chi connectivity index (χ0n) is 18.4. The highest BCUT2D eigenvalue weighted by atomic mass is 35.5. The Morgan fingerprint density at radius 3 is 2.51 bits per heavy atom. The normalized spacial score (nSPS) is 14.7. The van der Waals surface area contributed by atoms with Gasteiger partial charge >= 0.3 is 6.03 Å². The van der Waals surface area contributed by atoms with Crippen LogP contribution in [0.2, 0.25) is 5.02 Å². The van der Waals surface area contributed by atoms with Crippen molar-refractivity contribution in [2.45, 2.75) is 13.5 Å². The van der Waals surface area contributed by atoms with Crippen molar-refractivity contribution in [3.05, 3.63) is 104 Å². The molecule has 0 spiro atoms. The highest BCUT2D eigenvalue weighted by Crippen LogP contribution is 2.29. The number of non-ortho nitro benzene ring substituents is 1. The number of rotatable bonds is 6. The van der Waals surface area contributed by atoms with Crippen LogP contribution in [0.4, 0.5) is 16.2 Å². The third kappa shape index (κ3) is 5.20. The number of imide groups is 2. The van der Waals surface area contributed by atoms with Crippen LogP contribution in [0, 0.1) is 17.0 Å². The monoisotopic (exact) mass is 491 g/mol. The Morgan fingerprint density at radius 1 is 1.06 bits per heavy atom. The van der Waals surface area contributed by atoms with Crippen LogP contribution >= 0.6 is 11.6 Å². The molecule has 0 unspecified atom stereocenters. The quantitative estimate of drug-likeness (QED) is 0.229. The van der Waals surface area contributed by atoms with Crippen molar-refractivity contribution in [2.75, 3.05) is 4.90 Å². The van der Waals surface area contributed by atoms with Crippen LogP contribution in [-0.4, -0.2) is 22.8 Å². The fourth-order valence-electron chi connectivity index (χ4n) is 3.43. The number of benzene rings is 3. The molecule has 3 aromatic carbocycles. The summed E-state index contributed by atoms with van der Waals surface area (Å²) in [7, 11) is 0. The van der Waals surface area contributed by atoms with Crippen LogP contribution in [0.1, 0.15) is 16.7 Å². The topological polar surface area (TPSA) is 119 Å². The standard InChI is InChI=1S/C25H18ClN3O6/c1-15-5-8-19(9-6-15)28-24(31)21(23(30)27-25(28)32)13-17-12-18(26)7-10-22(17)35-14-16-3-2-4-20(11-16)29(33)34/h2-13H,14H2,1H3,(H,27,30,32)/b21-13+. The van der Waals surface area contributed by atoms with Gasteiger partial charge in [0.1, 0.15) is 17.9 Å². The fraction of sp³-hybridized carbons (Fsp3) is 0.0800. The molecule has 0 radical (unpaired) electrons. The molecule has 9 nitrogen and oxygen atoms in total. The number of hydrogen-bond donors (Lipinski definition) is 1. The van der Waals surface area contributed by atoms with E-state index in [1.807, 2.05) is 6.92 Å². The van der Waals surface area contributed by atoms with Crippen molar-refractivity contribution < 1.29 is 24.0 Å². The van der Waals surface area contributed by atoms with Crippen LogP contribution < -0.4 is 15.0 Å². The molecule has 1 heterocycles. The fourth-order valence-corrected chi connectivity index (χ4v) is 3.61. The first-order valence-electron chi connectivity index (χ1n) is 10.4. The molecular weight excluding hydrogens is 474 g/mol. The van der Waals surface area contributed by atoms with Crippen molar-refractivity contribution >= 4 is 46.9 Å². The number of halogens is 1. The second kappa shape index (κ2) is 9.78. The Hall–Kier alpha value is -4.50. The molecule has 3 aromatic rings. The number of carbonyl (C=O) groups excluding carboxylic acids is 3. The average molecular weight is 492 g/mol. The van der Waals surface area contributed by atoms with Crippen molar-refractivity contribution in [1.82, 2.24) is 5.32 Å². The summed E-state index contributed by atoms with van der Waals surface area (Å²) < 4.78 is 5.82. The van der Waals surface area contributed by atoms with E-state index in [4.69, 9.17) is 16.3 Å². The Labute approximate surface area is 204 Å². The first kappa shape index (κ1) is 23.7. The predicted molar refractivity (Wildman–Crippen MR) is 129 cm³/mol. The zero-order valence-corrected chi connectivity index (χ0v) is 19.1. The molecule has 4 rings (SSSR count). The van der Waals surface area contributed by atoms with Gasteiger partial charge in [0.15, 0.2) is 0 Å². The van der Waals surface area contributed by atoms with E-state index in [9.17, 15) is 24.5 Å². The van der Waals surface area contributed by atoms with E-state index in [1.54, 1.807) is 48.5 Å². The van der Waals surface area contributed by atoms with E-state index in [-0.39, 0.29) is 23.6 Å². The van der Waals surface area contributed by atoms with E-state index >= 15 is 0 Å². The second-order valence-corrected chi connectivity index (χ2v) is 8.13. The summed E-state index contributed by atoms with van der Waals surface area (Å²) in [5.41, 5.74) is 1.76. The molecule has 176 valence electrons. The van der Waals surface area contributed by atoms with Crippen molar-refractivity contribution in [1.29, 1.82) is 0 Å². The lowest BCUT2D eigenvalue weighted by molar-refractivity contribution is -0.384. The molecular formula is C25H18ClN3O6. The number of nitro groups is 1. The van der Waals surface area contributed by atoms with Gasteiger partial charge in [0.25, 0.3) is 17.5 Å². The number of nitro benzene ring substituents is 1. The van der Waals surface area contributed by atoms with Crippen LogP contribution in [0.15, 0.2) is 72.3 Å². The minimum atomic E-state index is -0.854. The largest absolute Gasteiger partial charge is 0.488 e. The summed E-state index contributed by atoms with van der Waals surface area (Å²) in [4.78, 5) is 49.5. The number of amides is 4. The summed E-state index contributed by atoms with van der Waals surface area (Å²) in [5, 5.41) is 13.5. The maximum Gasteiger partial charge on any atom is 0.335 e. The van der Waals surface area contributed by atoms with Crippen LogP contribution in [0.5, 0.6) is 5.75 Å². The van der Waals surface area contributed by atoms with Gasteiger partial charge in [-0.25, -0.2) is 9.69 Å². The summed E-state index contributed by atoms with van der Waals surface area (Å²) in [6.07, 6.45) is 1.29. The van der Waals surface area contributed by atoms with E-state index in [2.05, 4.69) is 5.32 Å². The first-order valence-corrected chi connectivity index (χ1v) is 10.7. The lowest BCUT2D eigenvalue weighted by Gasteiger charge is -2.26. The van der Waals surface area contributed by atoms with Crippen molar-refractivity contribution in [3.63, 3.8) is 0 Å². The molecule has 0 aromatic heterocycles. The number of barbiturate groups is 1. The number of nitrogens with zero attached hydrogens (tertiary/aromatic N) is 2. The van der Waals surface area contributed by atoms with Crippen LogP contribution in [0.3, 0.4) is 0 Å². The van der Waals surface area contributed by atoms with Crippen molar-refractivity contribution in [3.8, 4) is 5.75 Å².